The first-order valence-corrected chi connectivity index (χ1v) is 25.3. The van der Waals surface area contributed by atoms with Crippen molar-refractivity contribution in [3.63, 3.8) is 0 Å². The van der Waals surface area contributed by atoms with E-state index >= 15 is 0 Å². The van der Waals surface area contributed by atoms with Crippen molar-refractivity contribution >= 4 is 35.0 Å². The number of piperazine rings is 1. The average Bonchev–Trinajstić information content (AvgIpc) is 3.95. The molecule has 3 aliphatic heterocycles. The van der Waals surface area contributed by atoms with Crippen molar-refractivity contribution in [2.45, 2.75) is 83.3 Å². The maximum atomic E-state index is 13.3. The van der Waals surface area contributed by atoms with Crippen LogP contribution in [0, 0.1) is 0 Å². The number of aliphatic hydroxyl groups excluding tert-OH is 1. The number of piperidine rings is 1. The van der Waals surface area contributed by atoms with Crippen molar-refractivity contribution < 1.29 is 43.2 Å². The van der Waals surface area contributed by atoms with Crippen LogP contribution in [0.25, 0.3) is 11.5 Å². The van der Waals surface area contributed by atoms with E-state index in [1.807, 2.05) is 78.0 Å². The van der Waals surface area contributed by atoms with E-state index in [9.17, 15) is 24.3 Å². The van der Waals surface area contributed by atoms with Crippen LogP contribution in [0.4, 0.5) is 11.4 Å². The maximum absolute atomic E-state index is 13.3. The first-order chi connectivity index (χ1) is 35.6. The molecule has 73 heavy (non-hydrogen) atoms. The second kappa shape index (κ2) is 26.2. The SMILES string of the molecule is C[C@@H](NC(=O)c1cccc(NCc2nnc(-c3ccncn3)n2C)c1)c1cccc(OCCCCCCOCCOCCOCCC(=O)N2CCN(c3ccc4c(c3)CN(C3CCC(=O)NC3=O)C4O)CC2)c1. The fraction of sp³-hybridized carbons (Fsp3) is 0.472. The highest BCUT2D eigenvalue weighted by Crippen LogP contribution is 2.37. The number of aromatic nitrogens is 5. The molecule has 20 heteroatoms. The van der Waals surface area contributed by atoms with Gasteiger partial charge in [-0.1, -0.05) is 30.7 Å². The molecule has 0 bridgehead atoms. The quantitative estimate of drug-likeness (QED) is 0.0434. The summed E-state index contributed by atoms with van der Waals surface area (Å²) in [5, 5.41) is 28.4. The zero-order valence-corrected chi connectivity index (χ0v) is 41.7. The third-order valence-electron chi connectivity index (χ3n) is 13.4. The number of hydrogen-bond acceptors (Lipinski definition) is 16. The van der Waals surface area contributed by atoms with E-state index in [1.54, 1.807) is 23.2 Å². The number of nitrogens with zero attached hydrogens (tertiary/aromatic N) is 8. The van der Waals surface area contributed by atoms with Crippen molar-refractivity contribution in [1.29, 1.82) is 0 Å². The van der Waals surface area contributed by atoms with Crippen molar-refractivity contribution in [1.82, 2.24) is 45.2 Å². The second-order valence-electron chi connectivity index (χ2n) is 18.4. The van der Waals surface area contributed by atoms with Gasteiger partial charge in [-0.15, -0.1) is 10.2 Å². The Morgan fingerprint density at radius 2 is 1.62 bits per heavy atom. The van der Waals surface area contributed by atoms with E-state index in [0.717, 1.165) is 65.3 Å². The van der Waals surface area contributed by atoms with Crippen LogP contribution in [0.5, 0.6) is 5.75 Å². The number of fused-ring (bicyclic) bond motifs is 1. The summed E-state index contributed by atoms with van der Waals surface area (Å²) >= 11 is 0. The lowest BCUT2D eigenvalue weighted by Crippen LogP contribution is -2.51. The number of imide groups is 1. The fourth-order valence-electron chi connectivity index (χ4n) is 9.19. The number of carbonyl (C=O) groups excluding carboxylic acids is 4. The predicted octanol–water partition coefficient (Wildman–Crippen LogP) is 4.71. The highest BCUT2D eigenvalue weighted by atomic mass is 16.5. The third kappa shape index (κ3) is 14.4. The number of rotatable bonds is 26. The van der Waals surface area contributed by atoms with Gasteiger partial charge in [0.25, 0.3) is 5.91 Å². The Bertz CT molecular complexity index is 2630. The maximum Gasteiger partial charge on any atom is 0.251 e. The Hall–Kier alpha value is -6.84. The molecule has 3 aliphatic rings. The van der Waals surface area contributed by atoms with Gasteiger partial charge in [-0.05, 0) is 92.3 Å². The van der Waals surface area contributed by atoms with Crippen LogP contribution in [0.15, 0.2) is 85.3 Å². The lowest BCUT2D eigenvalue weighted by molar-refractivity contribution is -0.142. The minimum absolute atomic E-state index is 0.0678. The first-order valence-electron chi connectivity index (χ1n) is 25.3. The lowest BCUT2D eigenvalue weighted by atomic mass is 10.0. The molecule has 0 spiro atoms. The number of anilines is 2. The van der Waals surface area contributed by atoms with Gasteiger partial charge in [0.2, 0.25) is 17.7 Å². The smallest absolute Gasteiger partial charge is 0.251 e. The number of amides is 4. The van der Waals surface area contributed by atoms with E-state index in [4.69, 9.17) is 18.9 Å². The van der Waals surface area contributed by atoms with E-state index in [2.05, 4.69) is 47.1 Å². The molecule has 3 aromatic carbocycles. The molecular formula is C53H67N11O9. The van der Waals surface area contributed by atoms with Crippen LogP contribution < -0.4 is 25.6 Å². The van der Waals surface area contributed by atoms with Crippen molar-refractivity contribution in [2.24, 2.45) is 7.05 Å². The summed E-state index contributed by atoms with van der Waals surface area (Å²) in [7, 11) is 1.89. The monoisotopic (exact) mass is 1000 g/mol. The molecule has 4 amide bonds. The number of aliphatic hydroxyl groups is 1. The van der Waals surface area contributed by atoms with E-state index < -0.39 is 12.3 Å². The minimum atomic E-state index is -0.894. The van der Waals surface area contributed by atoms with Crippen molar-refractivity contribution in [2.75, 3.05) is 82.6 Å². The molecule has 4 N–H and O–H groups in total. The molecule has 5 heterocycles. The number of benzene rings is 3. The van der Waals surface area contributed by atoms with Gasteiger partial charge in [0, 0.05) is 81.5 Å². The van der Waals surface area contributed by atoms with Gasteiger partial charge < -0.3 is 49.1 Å². The van der Waals surface area contributed by atoms with Gasteiger partial charge in [-0.3, -0.25) is 29.4 Å². The highest BCUT2D eigenvalue weighted by Gasteiger charge is 2.40. The Balaban J connectivity index is 0.610. The largest absolute Gasteiger partial charge is 0.494 e. The minimum Gasteiger partial charge on any atom is -0.494 e. The molecule has 2 saturated heterocycles. The molecule has 20 nitrogen and oxygen atoms in total. The van der Waals surface area contributed by atoms with Crippen LogP contribution >= 0.6 is 0 Å². The van der Waals surface area contributed by atoms with Crippen molar-refractivity contribution in [3.05, 3.63) is 113 Å². The predicted molar refractivity (Wildman–Crippen MR) is 271 cm³/mol. The van der Waals surface area contributed by atoms with Crippen molar-refractivity contribution in [3.8, 4) is 17.3 Å². The normalized spacial score (nSPS) is 17.3. The fourth-order valence-corrected chi connectivity index (χ4v) is 9.19. The molecule has 3 atom stereocenters. The van der Waals surface area contributed by atoms with Crippen LogP contribution in [0.3, 0.4) is 0 Å². The molecular weight excluding hydrogens is 935 g/mol. The van der Waals surface area contributed by atoms with E-state index in [-0.39, 0.29) is 36.1 Å². The number of hydrogen-bond donors (Lipinski definition) is 4. The highest BCUT2D eigenvalue weighted by molar-refractivity contribution is 6.00. The number of carbonyl (C=O) groups is 4. The van der Waals surface area contributed by atoms with Crippen LogP contribution in [0.1, 0.15) is 97.0 Å². The summed E-state index contributed by atoms with van der Waals surface area (Å²) in [4.78, 5) is 64.3. The topological polar surface area (TPSA) is 228 Å². The number of unbranched alkanes of at least 4 members (excludes halogenated alkanes) is 3. The summed E-state index contributed by atoms with van der Waals surface area (Å²) in [6.07, 6.45) is 7.15. The summed E-state index contributed by atoms with van der Waals surface area (Å²) in [6.45, 7) is 8.85. The van der Waals surface area contributed by atoms with Gasteiger partial charge in [0.15, 0.2) is 11.6 Å². The van der Waals surface area contributed by atoms with Gasteiger partial charge >= 0.3 is 0 Å². The first kappa shape index (κ1) is 52.5. The zero-order valence-electron chi connectivity index (χ0n) is 41.7. The van der Waals surface area contributed by atoms with E-state index in [1.165, 1.54) is 6.33 Å². The second-order valence-corrected chi connectivity index (χ2v) is 18.4. The van der Waals surface area contributed by atoms with Gasteiger partial charge in [0.1, 0.15) is 24.0 Å². The molecule has 388 valence electrons. The average molecular weight is 1000 g/mol. The van der Waals surface area contributed by atoms with Gasteiger partial charge in [-0.2, -0.15) is 0 Å². The molecule has 2 unspecified atom stereocenters. The number of ether oxygens (including phenoxy) is 4. The van der Waals surface area contributed by atoms with E-state index in [0.29, 0.717) is 115 Å². The lowest BCUT2D eigenvalue weighted by Gasteiger charge is -2.36. The Labute approximate surface area is 425 Å². The van der Waals surface area contributed by atoms with Gasteiger partial charge in [-0.25, -0.2) is 9.97 Å². The third-order valence-corrected chi connectivity index (χ3v) is 13.4. The Kier molecular flexibility index (Phi) is 18.8. The molecule has 5 aromatic rings. The summed E-state index contributed by atoms with van der Waals surface area (Å²) in [5.74, 6) is 1.39. The van der Waals surface area contributed by atoms with Gasteiger partial charge in [0.05, 0.1) is 64.7 Å². The Morgan fingerprint density at radius 1 is 0.849 bits per heavy atom. The summed E-state index contributed by atoms with van der Waals surface area (Å²) in [5.41, 5.74) is 5.73. The standard InChI is InChI=1S/C53H67N11O9/c1-37(57-51(67)39-10-7-11-41(31-39)55-34-47-59-60-50(61(47)2)45-17-19-54-36-56-45)38-9-8-12-43(33-38)73-25-6-4-3-5-24-70-27-29-72-30-28-71-26-18-49(66)63-22-20-62(21-23-63)42-13-14-44-40(32-42)35-64(53(44)69)46-15-16-48(65)58-52(46)68/h7-14,17,19,31-33,36-37,46,53,55,69H,3-6,15-16,18,20-30,34-35H2,1-2H3,(H,57,67)(H,58,65,68)/t37-,46?,53?/m1/s1. The molecule has 0 aliphatic carbocycles. The number of nitrogens with one attached hydrogen (secondary N) is 3. The molecule has 0 saturated carbocycles. The van der Waals surface area contributed by atoms with Crippen LogP contribution in [-0.2, 0) is 48.7 Å². The summed E-state index contributed by atoms with van der Waals surface area (Å²) in [6, 6.07) is 22.2. The van der Waals surface area contributed by atoms with Crippen LogP contribution in [-0.4, -0.2) is 142 Å². The molecule has 0 radical (unpaired) electrons. The Morgan fingerprint density at radius 3 is 2.40 bits per heavy atom. The molecule has 2 aromatic heterocycles. The zero-order chi connectivity index (χ0) is 50.9. The molecule has 2 fully saturated rings. The summed E-state index contributed by atoms with van der Waals surface area (Å²) < 4.78 is 25.0. The molecule has 8 rings (SSSR count). The van der Waals surface area contributed by atoms with Crippen LogP contribution in [0.2, 0.25) is 0 Å².